The van der Waals surface area contributed by atoms with Crippen LogP contribution >= 0.6 is 0 Å². The van der Waals surface area contributed by atoms with Gasteiger partial charge in [0.25, 0.3) is 0 Å². The molecule has 0 saturated carbocycles. The molecule has 1 rings (SSSR count). The van der Waals surface area contributed by atoms with Crippen LogP contribution in [0, 0.1) is 0 Å². The van der Waals surface area contributed by atoms with Crippen LogP contribution in [0.5, 0.6) is 5.75 Å². The van der Waals surface area contributed by atoms with Crippen molar-refractivity contribution in [2.75, 3.05) is 0 Å². The van der Waals surface area contributed by atoms with Crippen LogP contribution in [0.4, 0.5) is 13.2 Å². The third kappa shape index (κ3) is 3.47. The number of benzene rings is 1. The Balaban J connectivity index is 2.73. The van der Waals surface area contributed by atoms with Gasteiger partial charge >= 0.3 is 13.3 Å². The molecule has 0 aliphatic heterocycles. The third-order valence-corrected chi connectivity index (χ3v) is 1.80. The largest absolute Gasteiger partial charge is 0.536 e. The molecule has 15 heavy (non-hydrogen) atoms. The Kier molecular flexibility index (Phi) is 3.63. The van der Waals surface area contributed by atoms with Crippen LogP contribution < -0.4 is 4.65 Å². The van der Waals surface area contributed by atoms with Crippen molar-refractivity contribution in [2.24, 2.45) is 0 Å². The average molecular weight is 218 g/mol. The molecule has 0 radical (unpaired) electrons. The molecule has 0 spiro atoms. The fourth-order valence-electron chi connectivity index (χ4n) is 0.963. The Morgan fingerprint density at radius 2 is 1.80 bits per heavy atom. The van der Waals surface area contributed by atoms with Crippen LogP contribution in [0.25, 0.3) is 0 Å². The van der Waals surface area contributed by atoms with Crippen molar-refractivity contribution in [3.05, 3.63) is 29.8 Å². The molecule has 82 valence electrons. The second kappa shape index (κ2) is 4.57. The van der Waals surface area contributed by atoms with Crippen molar-refractivity contribution in [3.63, 3.8) is 0 Å². The average Bonchev–Trinajstić information content (AvgIpc) is 2.17. The lowest BCUT2D eigenvalue weighted by Gasteiger charge is -2.10. The Labute approximate surface area is 85.8 Å². The van der Waals surface area contributed by atoms with E-state index in [4.69, 9.17) is 9.68 Å². The van der Waals surface area contributed by atoms with Gasteiger partial charge < -0.3 is 9.68 Å². The Morgan fingerprint density at radius 1 is 1.27 bits per heavy atom. The molecule has 0 aromatic heterocycles. The van der Waals surface area contributed by atoms with E-state index in [-0.39, 0.29) is 5.75 Å². The van der Waals surface area contributed by atoms with Crippen molar-refractivity contribution >= 4 is 7.12 Å². The predicted molar refractivity (Wildman–Crippen MR) is 50.5 cm³/mol. The fourth-order valence-corrected chi connectivity index (χ4v) is 0.963. The molecular weight excluding hydrogens is 208 g/mol. The summed E-state index contributed by atoms with van der Waals surface area (Å²) >= 11 is 0. The third-order valence-electron chi connectivity index (χ3n) is 1.80. The molecule has 0 amide bonds. The lowest BCUT2D eigenvalue weighted by atomic mass is 9.87. The van der Waals surface area contributed by atoms with Crippen LogP contribution in [-0.4, -0.2) is 12.1 Å². The Hall–Kier alpha value is -1.17. The summed E-state index contributed by atoms with van der Waals surface area (Å²) in [5.74, 6) is 0.220. The van der Waals surface area contributed by atoms with E-state index in [1.54, 1.807) is 6.92 Å². The van der Waals surface area contributed by atoms with Gasteiger partial charge in [-0.05, 0) is 30.6 Å². The molecular formula is C9H10BF3O2. The maximum Gasteiger partial charge on any atom is 0.522 e. The molecule has 6 heteroatoms. The number of hydrogen-bond acceptors (Lipinski definition) is 2. The maximum atomic E-state index is 12.2. The van der Waals surface area contributed by atoms with Crippen LogP contribution in [0.2, 0.25) is 6.32 Å². The lowest BCUT2D eigenvalue weighted by molar-refractivity contribution is -0.137. The zero-order valence-electron chi connectivity index (χ0n) is 8.08. The monoisotopic (exact) mass is 218 g/mol. The van der Waals surface area contributed by atoms with E-state index < -0.39 is 18.9 Å². The first-order valence-corrected chi connectivity index (χ1v) is 4.45. The lowest BCUT2D eigenvalue weighted by Crippen LogP contribution is -2.19. The quantitative estimate of drug-likeness (QED) is 0.790. The van der Waals surface area contributed by atoms with Crippen molar-refractivity contribution < 1.29 is 22.8 Å². The summed E-state index contributed by atoms with van der Waals surface area (Å²) < 4.78 is 41.4. The zero-order chi connectivity index (χ0) is 11.5. The highest BCUT2D eigenvalue weighted by Crippen LogP contribution is 2.30. The highest BCUT2D eigenvalue weighted by molar-refractivity contribution is 6.43. The summed E-state index contributed by atoms with van der Waals surface area (Å²) in [5, 5.41) is 9.10. The van der Waals surface area contributed by atoms with Crippen LogP contribution in [0.15, 0.2) is 24.3 Å². The van der Waals surface area contributed by atoms with Gasteiger partial charge in [0, 0.05) is 0 Å². The molecule has 0 fully saturated rings. The van der Waals surface area contributed by atoms with Gasteiger partial charge in [-0.2, -0.15) is 13.2 Å². The van der Waals surface area contributed by atoms with Gasteiger partial charge in [0.1, 0.15) is 5.75 Å². The van der Waals surface area contributed by atoms with Crippen molar-refractivity contribution in [2.45, 2.75) is 19.4 Å². The highest BCUT2D eigenvalue weighted by Gasteiger charge is 2.30. The number of rotatable bonds is 3. The van der Waals surface area contributed by atoms with E-state index in [0.717, 1.165) is 12.1 Å². The first-order chi connectivity index (χ1) is 6.93. The fraction of sp³-hybridized carbons (Fsp3) is 0.333. The number of hydrogen-bond donors (Lipinski definition) is 1. The van der Waals surface area contributed by atoms with E-state index in [0.29, 0.717) is 6.32 Å². The molecule has 1 aromatic rings. The first kappa shape index (κ1) is 11.9. The molecule has 0 atom stereocenters. The summed E-state index contributed by atoms with van der Waals surface area (Å²) in [4.78, 5) is 0. The highest BCUT2D eigenvalue weighted by atomic mass is 19.4. The van der Waals surface area contributed by atoms with E-state index in [1.807, 2.05) is 0 Å². The standard InChI is InChI=1S/C9H10BF3O2/c1-2-10(14)15-8-5-3-7(4-6-8)9(11,12)13/h3-6,14H,2H2,1H3. The van der Waals surface area contributed by atoms with Crippen molar-refractivity contribution in [1.82, 2.24) is 0 Å². The summed E-state index contributed by atoms with van der Waals surface area (Å²) in [6.45, 7) is 1.70. The Morgan fingerprint density at radius 3 is 2.20 bits per heavy atom. The predicted octanol–water partition coefficient (Wildman–Crippen LogP) is 2.58. The Bertz CT molecular complexity index is 310. The van der Waals surface area contributed by atoms with Gasteiger partial charge in [-0.25, -0.2) is 0 Å². The molecule has 0 saturated heterocycles. The van der Waals surface area contributed by atoms with Gasteiger partial charge in [-0.3, -0.25) is 0 Å². The number of halogens is 3. The molecule has 0 aliphatic carbocycles. The minimum absolute atomic E-state index is 0.220. The van der Waals surface area contributed by atoms with Crippen LogP contribution in [0.1, 0.15) is 12.5 Å². The molecule has 0 aliphatic rings. The minimum atomic E-state index is -4.35. The molecule has 0 heterocycles. The molecule has 2 nitrogen and oxygen atoms in total. The van der Waals surface area contributed by atoms with Crippen molar-refractivity contribution in [3.8, 4) is 5.75 Å². The first-order valence-electron chi connectivity index (χ1n) is 4.45. The normalized spacial score (nSPS) is 11.3. The summed E-state index contributed by atoms with van der Waals surface area (Å²) in [7, 11) is -0.985. The van der Waals surface area contributed by atoms with Gasteiger partial charge in [0.05, 0.1) is 5.56 Å². The topological polar surface area (TPSA) is 29.5 Å². The summed E-state index contributed by atoms with van der Waals surface area (Å²) in [5.41, 5.74) is -0.735. The molecule has 0 bridgehead atoms. The van der Waals surface area contributed by atoms with E-state index in [9.17, 15) is 13.2 Å². The van der Waals surface area contributed by atoms with Crippen LogP contribution in [0.3, 0.4) is 0 Å². The van der Waals surface area contributed by atoms with Crippen molar-refractivity contribution in [1.29, 1.82) is 0 Å². The second-order valence-electron chi connectivity index (χ2n) is 3.00. The van der Waals surface area contributed by atoms with Gasteiger partial charge in [0.15, 0.2) is 0 Å². The summed E-state index contributed by atoms with van der Waals surface area (Å²) in [6, 6.07) is 4.19. The SMILES string of the molecule is CCB(O)Oc1ccc(C(F)(F)F)cc1. The number of alkyl halides is 3. The molecule has 0 unspecified atom stereocenters. The zero-order valence-corrected chi connectivity index (χ0v) is 8.08. The van der Waals surface area contributed by atoms with Gasteiger partial charge in [-0.1, -0.05) is 6.92 Å². The van der Waals surface area contributed by atoms with Gasteiger partial charge in [-0.15, -0.1) is 0 Å². The minimum Gasteiger partial charge on any atom is -0.536 e. The van der Waals surface area contributed by atoms with E-state index >= 15 is 0 Å². The molecule has 1 N–H and O–H groups in total. The smallest absolute Gasteiger partial charge is 0.522 e. The van der Waals surface area contributed by atoms with E-state index in [2.05, 4.69) is 0 Å². The second-order valence-corrected chi connectivity index (χ2v) is 3.00. The van der Waals surface area contributed by atoms with Gasteiger partial charge in [0.2, 0.25) is 0 Å². The molecule has 1 aromatic carbocycles. The van der Waals surface area contributed by atoms with Crippen LogP contribution in [-0.2, 0) is 6.18 Å². The van der Waals surface area contributed by atoms with E-state index in [1.165, 1.54) is 12.1 Å². The maximum absolute atomic E-state index is 12.2. The summed E-state index contributed by atoms with van der Waals surface area (Å²) in [6.07, 6.45) is -3.97.